The van der Waals surface area contributed by atoms with Gasteiger partial charge in [0, 0.05) is 6.20 Å². The van der Waals surface area contributed by atoms with Crippen LogP contribution in [0, 0.1) is 12.7 Å². The Kier molecular flexibility index (Phi) is 3.59. The molecule has 1 aromatic carbocycles. The molecule has 0 saturated carbocycles. The van der Waals surface area contributed by atoms with Crippen molar-refractivity contribution in [1.82, 2.24) is 14.5 Å². The number of nitrogens with zero attached hydrogens (tertiary/aromatic N) is 3. The molecule has 0 bridgehead atoms. The average molecular weight is 324 g/mol. The fourth-order valence-corrected chi connectivity index (χ4v) is 2.49. The first kappa shape index (κ1) is 14.3. The highest BCUT2D eigenvalue weighted by Crippen LogP contribution is 2.28. The molecule has 0 radical (unpaired) electrons. The Labute approximate surface area is 131 Å². The second-order valence-corrected chi connectivity index (χ2v) is 5.94. The first-order chi connectivity index (χ1) is 9.97. The smallest absolute Gasteiger partial charge is 0.164 e. The topological polar surface area (TPSA) is 30.7 Å². The number of benzene rings is 1. The second kappa shape index (κ2) is 5.28. The third-order valence-electron chi connectivity index (χ3n) is 3.18. The summed E-state index contributed by atoms with van der Waals surface area (Å²) in [6.45, 7) is 3.76. The molecule has 6 heteroatoms. The Morgan fingerprint density at radius 1 is 1.29 bits per heavy atom. The molecule has 0 spiro atoms. The molecule has 3 nitrogen and oxygen atoms in total. The van der Waals surface area contributed by atoms with Gasteiger partial charge in [-0.1, -0.05) is 11.6 Å². The highest BCUT2D eigenvalue weighted by Gasteiger charge is 2.18. The van der Waals surface area contributed by atoms with Crippen molar-refractivity contribution in [2.45, 2.75) is 19.2 Å². The molecule has 108 valence electrons. The highest BCUT2D eigenvalue weighted by molar-refractivity contribution is 6.30. The lowest BCUT2D eigenvalue weighted by atomic mass is 10.3. The van der Waals surface area contributed by atoms with Crippen molar-refractivity contribution in [1.29, 1.82) is 0 Å². The van der Waals surface area contributed by atoms with Crippen LogP contribution in [-0.2, 0) is 0 Å². The van der Waals surface area contributed by atoms with E-state index in [9.17, 15) is 4.39 Å². The summed E-state index contributed by atoms with van der Waals surface area (Å²) in [4.78, 5) is 8.91. The Hall–Kier alpha value is -1.65. The molecule has 1 atom stereocenters. The lowest BCUT2D eigenvalue weighted by Crippen LogP contribution is -2.03. The standard InChI is InChI=1S/C15H12Cl2FN3/c1-8-5-13-15(19-7-8)21(14(20-13)9(2)16)10-3-4-11(17)12(18)6-10/h3-7,9H,1-2H3. The van der Waals surface area contributed by atoms with E-state index >= 15 is 0 Å². The van der Waals surface area contributed by atoms with Crippen LogP contribution in [0.2, 0.25) is 5.02 Å². The van der Waals surface area contributed by atoms with Crippen molar-refractivity contribution in [3.63, 3.8) is 0 Å². The molecule has 0 amide bonds. The van der Waals surface area contributed by atoms with Crippen molar-refractivity contribution in [2.24, 2.45) is 0 Å². The normalized spacial score (nSPS) is 12.8. The van der Waals surface area contributed by atoms with E-state index in [0.29, 0.717) is 17.2 Å². The van der Waals surface area contributed by atoms with Crippen LogP contribution < -0.4 is 0 Å². The monoisotopic (exact) mass is 323 g/mol. The van der Waals surface area contributed by atoms with Gasteiger partial charge < -0.3 is 0 Å². The molecule has 0 fully saturated rings. The minimum Gasteiger partial charge on any atom is -0.279 e. The van der Waals surface area contributed by atoms with Crippen LogP contribution in [0.5, 0.6) is 0 Å². The first-order valence-corrected chi connectivity index (χ1v) is 7.23. The summed E-state index contributed by atoms with van der Waals surface area (Å²) in [6, 6.07) is 6.51. The van der Waals surface area contributed by atoms with Crippen LogP contribution in [0.25, 0.3) is 16.9 Å². The quantitative estimate of drug-likeness (QED) is 0.633. The van der Waals surface area contributed by atoms with Gasteiger partial charge in [-0.05, 0) is 43.7 Å². The summed E-state index contributed by atoms with van der Waals surface area (Å²) in [5, 5.41) is -0.259. The molecule has 3 aromatic rings. The summed E-state index contributed by atoms with van der Waals surface area (Å²) in [5.41, 5.74) is 2.97. The van der Waals surface area contributed by atoms with Crippen molar-refractivity contribution in [3.05, 3.63) is 52.7 Å². The number of pyridine rings is 1. The van der Waals surface area contributed by atoms with Gasteiger partial charge in [0.05, 0.1) is 16.1 Å². The average Bonchev–Trinajstić information content (AvgIpc) is 2.80. The molecular formula is C15H12Cl2FN3. The Morgan fingerprint density at radius 2 is 2.05 bits per heavy atom. The zero-order valence-corrected chi connectivity index (χ0v) is 13.0. The zero-order valence-electron chi connectivity index (χ0n) is 11.4. The maximum atomic E-state index is 13.7. The lowest BCUT2D eigenvalue weighted by molar-refractivity contribution is 0.626. The largest absolute Gasteiger partial charge is 0.279 e. The van der Waals surface area contributed by atoms with E-state index < -0.39 is 5.82 Å². The van der Waals surface area contributed by atoms with Gasteiger partial charge in [-0.15, -0.1) is 11.6 Å². The molecule has 0 aliphatic rings. The molecule has 2 aromatic heterocycles. The van der Waals surface area contributed by atoms with Gasteiger partial charge in [0.1, 0.15) is 17.2 Å². The van der Waals surface area contributed by atoms with Gasteiger partial charge in [-0.3, -0.25) is 4.57 Å². The van der Waals surface area contributed by atoms with Gasteiger partial charge in [0.25, 0.3) is 0 Å². The molecule has 1 unspecified atom stereocenters. The van der Waals surface area contributed by atoms with E-state index in [-0.39, 0.29) is 10.4 Å². The van der Waals surface area contributed by atoms with E-state index in [4.69, 9.17) is 23.2 Å². The summed E-state index contributed by atoms with van der Waals surface area (Å²) >= 11 is 12.0. The molecule has 0 N–H and O–H groups in total. The number of imidazole rings is 1. The number of alkyl halides is 1. The molecule has 0 saturated heterocycles. The van der Waals surface area contributed by atoms with E-state index in [2.05, 4.69) is 9.97 Å². The van der Waals surface area contributed by atoms with Crippen LogP contribution in [0.15, 0.2) is 30.5 Å². The molecule has 21 heavy (non-hydrogen) atoms. The van der Waals surface area contributed by atoms with Crippen molar-refractivity contribution < 1.29 is 4.39 Å². The number of fused-ring (bicyclic) bond motifs is 1. The van der Waals surface area contributed by atoms with Gasteiger partial charge in [0.15, 0.2) is 5.65 Å². The minimum atomic E-state index is -0.490. The molecule has 2 heterocycles. The van der Waals surface area contributed by atoms with E-state index in [0.717, 1.165) is 11.1 Å². The third kappa shape index (κ3) is 2.49. The summed E-state index contributed by atoms with van der Waals surface area (Å²) in [7, 11) is 0. The second-order valence-electron chi connectivity index (χ2n) is 4.88. The Bertz CT molecular complexity index is 827. The zero-order chi connectivity index (χ0) is 15.1. The SMILES string of the molecule is Cc1cnc2c(c1)nc(C(C)Cl)n2-c1ccc(Cl)c(F)c1. The van der Waals surface area contributed by atoms with Crippen molar-refractivity contribution >= 4 is 34.4 Å². The van der Waals surface area contributed by atoms with Crippen LogP contribution in [-0.4, -0.2) is 14.5 Å². The van der Waals surface area contributed by atoms with Gasteiger partial charge >= 0.3 is 0 Å². The predicted octanol–water partition coefficient (Wildman–Crippen LogP) is 4.82. The number of hydrogen-bond donors (Lipinski definition) is 0. The van der Waals surface area contributed by atoms with Crippen LogP contribution >= 0.6 is 23.2 Å². The number of rotatable bonds is 2. The molecule has 3 rings (SSSR count). The van der Waals surface area contributed by atoms with Crippen LogP contribution in [0.4, 0.5) is 4.39 Å². The molecular weight excluding hydrogens is 312 g/mol. The summed E-state index contributed by atoms with van der Waals surface area (Å²) < 4.78 is 15.5. The fourth-order valence-electron chi connectivity index (χ4n) is 2.23. The third-order valence-corrected chi connectivity index (χ3v) is 3.68. The molecule has 0 aliphatic heterocycles. The summed E-state index contributed by atoms with van der Waals surface area (Å²) in [6.07, 6.45) is 1.75. The van der Waals surface area contributed by atoms with E-state index in [1.54, 1.807) is 16.8 Å². The fraction of sp³-hybridized carbons (Fsp3) is 0.200. The maximum absolute atomic E-state index is 13.7. The predicted molar refractivity (Wildman–Crippen MR) is 82.8 cm³/mol. The van der Waals surface area contributed by atoms with Crippen LogP contribution in [0.1, 0.15) is 23.7 Å². The number of aryl methyl sites for hydroxylation is 1. The number of aromatic nitrogens is 3. The van der Waals surface area contributed by atoms with Crippen molar-refractivity contribution in [2.75, 3.05) is 0 Å². The Balaban J connectivity index is 2.33. The number of hydrogen-bond acceptors (Lipinski definition) is 2. The number of halogens is 3. The van der Waals surface area contributed by atoms with Gasteiger partial charge in [-0.25, -0.2) is 14.4 Å². The van der Waals surface area contributed by atoms with Gasteiger partial charge in [-0.2, -0.15) is 0 Å². The lowest BCUT2D eigenvalue weighted by Gasteiger charge is -2.10. The highest BCUT2D eigenvalue weighted by atomic mass is 35.5. The van der Waals surface area contributed by atoms with Crippen molar-refractivity contribution in [3.8, 4) is 5.69 Å². The van der Waals surface area contributed by atoms with Crippen LogP contribution in [0.3, 0.4) is 0 Å². The van der Waals surface area contributed by atoms with Gasteiger partial charge in [0.2, 0.25) is 0 Å². The first-order valence-electron chi connectivity index (χ1n) is 6.42. The summed E-state index contributed by atoms with van der Waals surface area (Å²) in [5.74, 6) is 0.128. The maximum Gasteiger partial charge on any atom is 0.164 e. The van der Waals surface area contributed by atoms with E-state index in [1.807, 2.05) is 19.9 Å². The molecule has 0 aliphatic carbocycles. The van der Waals surface area contributed by atoms with E-state index in [1.165, 1.54) is 12.1 Å². The Morgan fingerprint density at radius 3 is 2.71 bits per heavy atom. The minimum absolute atomic E-state index is 0.0763.